The molecular weight excluding hydrogens is 392 g/mol. The fourth-order valence-corrected chi connectivity index (χ4v) is 3.71. The first-order valence-electron chi connectivity index (χ1n) is 12.2. The van der Waals surface area contributed by atoms with Crippen molar-refractivity contribution in [1.29, 1.82) is 0 Å². The predicted molar refractivity (Wildman–Crippen MR) is 127 cm³/mol. The van der Waals surface area contributed by atoms with E-state index in [2.05, 4.69) is 6.58 Å². The summed E-state index contributed by atoms with van der Waals surface area (Å²) in [5, 5.41) is 28.5. The molecule has 3 N–H and O–H groups in total. The highest BCUT2D eigenvalue weighted by atomic mass is 16.4. The number of unbranched alkanes of at least 4 members (excludes halogenated alkanes) is 13. The van der Waals surface area contributed by atoms with Crippen LogP contribution in [0, 0.1) is 0 Å². The van der Waals surface area contributed by atoms with Crippen LogP contribution in [0.5, 0.6) is 0 Å². The molecule has 0 aliphatic carbocycles. The van der Waals surface area contributed by atoms with Crippen LogP contribution in [-0.2, 0) is 9.59 Å². The van der Waals surface area contributed by atoms with Gasteiger partial charge < -0.3 is 15.3 Å². The van der Waals surface area contributed by atoms with Crippen LogP contribution in [0.2, 0.25) is 0 Å². The minimum absolute atomic E-state index is 0.254. The minimum Gasteiger partial charge on any atom is -0.478 e. The number of aliphatic carboxylic acids is 1. The van der Waals surface area contributed by atoms with Crippen molar-refractivity contribution in [1.82, 2.24) is 0 Å². The molecule has 0 saturated heterocycles. The third-order valence-electron chi connectivity index (χ3n) is 6.15. The maximum atomic E-state index is 11.2. The maximum Gasteiger partial charge on any atom is 0.331 e. The number of carboxylic acids is 1. The van der Waals surface area contributed by atoms with Gasteiger partial charge in [-0.25, -0.2) is 4.79 Å². The van der Waals surface area contributed by atoms with Gasteiger partial charge in [0.1, 0.15) is 6.10 Å². The summed E-state index contributed by atoms with van der Waals surface area (Å²) >= 11 is 0. The molecule has 0 rings (SSSR count). The average molecular weight is 439 g/mol. The van der Waals surface area contributed by atoms with Crippen LogP contribution in [-0.4, -0.2) is 39.3 Å². The van der Waals surface area contributed by atoms with Gasteiger partial charge in [-0.05, 0) is 38.3 Å². The van der Waals surface area contributed by atoms with E-state index >= 15 is 0 Å². The third-order valence-corrected chi connectivity index (χ3v) is 6.15. The maximum absolute atomic E-state index is 11.2. The zero-order valence-electron chi connectivity index (χ0n) is 19.9. The molecule has 0 bridgehead atoms. The molecule has 5 heteroatoms. The number of aliphatic hydroxyl groups is 2. The monoisotopic (exact) mass is 438 g/mol. The topological polar surface area (TPSA) is 94.8 Å². The second-order valence-electron chi connectivity index (χ2n) is 8.78. The average Bonchev–Trinajstić information content (AvgIpc) is 2.76. The molecule has 0 aliphatic heterocycles. The fourth-order valence-electron chi connectivity index (χ4n) is 3.71. The van der Waals surface area contributed by atoms with Gasteiger partial charge in [0.25, 0.3) is 0 Å². The Morgan fingerprint density at radius 2 is 1.00 bits per heavy atom. The standard InChI is InChI=1S/C26H46O5/c1-4-23(27)25(29)20-18-16-14-12-10-8-6-5-7-9-11-13-15-17-19-24(28)21(2)22(3)26(30)31/h4,24-25,28-29H,1,5-20H2,2-3H3,(H,30,31). The summed E-state index contributed by atoms with van der Waals surface area (Å²) in [6.45, 7) is 6.64. The molecular formula is C26H46O5. The van der Waals surface area contributed by atoms with Gasteiger partial charge in [0.15, 0.2) is 5.78 Å². The Hall–Kier alpha value is -1.46. The molecule has 0 aromatic heterocycles. The van der Waals surface area contributed by atoms with Crippen LogP contribution in [0.3, 0.4) is 0 Å². The van der Waals surface area contributed by atoms with Crippen molar-refractivity contribution in [2.75, 3.05) is 0 Å². The number of carbonyl (C=O) groups excluding carboxylic acids is 1. The lowest BCUT2D eigenvalue weighted by molar-refractivity contribution is -0.132. The quantitative estimate of drug-likeness (QED) is 0.148. The first kappa shape index (κ1) is 29.5. The van der Waals surface area contributed by atoms with Gasteiger partial charge in [0.05, 0.1) is 6.10 Å². The fraction of sp³-hybridized carbons (Fsp3) is 0.769. The molecule has 0 aromatic rings. The van der Waals surface area contributed by atoms with Gasteiger partial charge in [-0.3, -0.25) is 4.79 Å². The van der Waals surface area contributed by atoms with E-state index in [0.717, 1.165) is 25.7 Å². The predicted octanol–water partition coefficient (Wildman–Crippen LogP) is 6.13. The lowest BCUT2D eigenvalue weighted by Crippen LogP contribution is -2.17. The minimum atomic E-state index is -0.953. The van der Waals surface area contributed by atoms with Crippen LogP contribution < -0.4 is 0 Å². The normalized spacial score (nSPS) is 14.1. The van der Waals surface area contributed by atoms with Crippen molar-refractivity contribution in [3.8, 4) is 0 Å². The van der Waals surface area contributed by atoms with Crippen molar-refractivity contribution < 1.29 is 24.9 Å². The molecule has 0 heterocycles. The van der Waals surface area contributed by atoms with Crippen molar-refractivity contribution in [2.24, 2.45) is 0 Å². The Kier molecular flexibility index (Phi) is 18.3. The first-order valence-corrected chi connectivity index (χ1v) is 12.2. The van der Waals surface area contributed by atoms with E-state index in [-0.39, 0.29) is 11.4 Å². The molecule has 0 radical (unpaired) electrons. The molecule has 0 amide bonds. The van der Waals surface area contributed by atoms with Crippen molar-refractivity contribution >= 4 is 11.8 Å². The Labute approximate surface area is 189 Å². The largest absolute Gasteiger partial charge is 0.478 e. The Morgan fingerprint density at radius 1 is 0.677 bits per heavy atom. The van der Waals surface area contributed by atoms with Gasteiger partial charge >= 0.3 is 5.97 Å². The van der Waals surface area contributed by atoms with E-state index in [1.165, 1.54) is 70.3 Å². The highest BCUT2D eigenvalue weighted by molar-refractivity contribution is 5.92. The van der Waals surface area contributed by atoms with Gasteiger partial charge in [0.2, 0.25) is 0 Å². The molecule has 0 aromatic carbocycles. The van der Waals surface area contributed by atoms with Gasteiger partial charge in [-0.1, -0.05) is 96.5 Å². The molecule has 0 spiro atoms. The van der Waals surface area contributed by atoms with E-state index in [1.807, 2.05) is 0 Å². The first-order chi connectivity index (χ1) is 14.8. The van der Waals surface area contributed by atoms with Crippen LogP contribution in [0.4, 0.5) is 0 Å². The van der Waals surface area contributed by atoms with E-state index in [1.54, 1.807) is 13.8 Å². The van der Waals surface area contributed by atoms with Gasteiger partial charge in [0, 0.05) is 5.57 Å². The number of hydrogen-bond donors (Lipinski definition) is 3. The summed E-state index contributed by atoms with van der Waals surface area (Å²) < 4.78 is 0. The molecule has 5 nitrogen and oxygen atoms in total. The Balaban J connectivity index is 3.39. The van der Waals surface area contributed by atoms with Gasteiger partial charge in [-0.2, -0.15) is 0 Å². The summed E-state index contributed by atoms with van der Waals surface area (Å²) in [4.78, 5) is 22.1. The van der Waals surface area contributed by atoms with Crippen LogP contribution in [0.1, 0.15) is 117 Å². The number of aliphatic hydroxyl groups excluding tert-OH is 2. The molecule has 2 unspecified atom stereocenters. The highest BCUT2D eigenvalue weighted by Crippen LogP contribution is 2.17. The molecule has 2 atom stereocenters. The lowest BCUT2D eigenvalue weighted by Gasteiger charge is -2.12. The van der Waals surface area contributed by atoms with Crippen molar-refractivity contribution in [3.63, 3.8) is 0 Å². The van der Waals surface area contributed by atoms with Crippen molar-refractivity contribution in [3.05, 3.63) is 23.8 Å². The van der Waals surface area contributed by atoms with Crippen LogP contribution in [0.15, 0.2) is 23.8 Å². The summed E-state index contributed by atoms with van der Waals surface area (Å²) in [7, 11) is 0. The smallest absolute Gasteiger partial charge is 0.331 e. The van der Waals surface area contributed by atoms with E-state index in [9.17, 15) is 19.8 Å². The summed E-state index contributed by atoms with van der Waals surface area (Å²) in [5.74, 6) is -1.22. The van der Waals surface area contributed by atoms with E-state index in [4.69, 9.17) is 5.11 Å². The lowest BCUT2D eigenvalue weighted by atomic mass is 9.99. The van der Waals surface area contributed by atoms with Gasteiger partial charge in [-0.15, -0.1) is 0 Å². The number of carbonyl (C=O) groups is 2. The Bertz CT molecular complexity index is 538. The second-order valence-corrected chi connectivity index (χ2v) is 8.78. The van der Waals surface area contributed by atoms with E-state index < -0.39 is 18.2 Å². The third kappa shape index (κ3) is 15.9. The van der Waals surface area contributed by atoms with Crippen molar-refractivity contribution in [2.45, 2.75) is 129 Å². The number of hydrogen-bond acceptors (Lipinski definition) is 4. The Morgan fingerprint density at radius 3 is 1.32 bits per heavy atom. The summed E-state index contributed by atoms with van der Waals surface area (Å²) in [5.41, 5.74) is 0.829. The second kappa shape index (κ2) is 19.2. The zero-order chi connectivity index (χ0) is 23.5. The SMILES string of the molecule is C=CC(=O)C(O)CCCCCCCCCCCCCCCCC(O)C(C)=C(C)C(=O)O. The summed E-state index contributed by atoms with van der Waals surface area (Å²) in [6.07, 6.45) is 17.4. The van der Waals surface area contributed by atoms with Crippen LogP contribution >= 0.6 is 0 Å². The molecule has 180 valence electrons. The number of rotatable bonds is 21. The number of ketones is 1. The molecule has 0 saturated carbocycles. The zero-order valence-corrected chi connectivity index (χ0v) is 19.9. The summed E-state index contributed by atoms with van der Waals surface area (Å²) in [6, 6.07) is 0. The number of carboxylic acid groups (broad SMARTS) is 1. The van der Waals surface area contributed by atoms with E-state index in [0.29, 0.717) is 18.4 Å². The molecule has 0 aliphatic rings. The van der Waals surface area contributed by atoms with Crippen LogP contribution in [0.25, 0.3) is 0 Å². The highest BCUT2D eigenvalue weighted by Gasteiger charge is 2.13. The molecule has 0 fully saturated rings. The molecule has 31 heavy (non-hydrogen) atoms.